The minimum absolute atomic E-state index is 0.0264. The summed E-state index contributed by atoms with van der Waals surface area (Å²) >= 11 is 0. The van der Waals surface area contributed by atoms with Gasteiger partial charge in [-0.15, -0.1) is 0 Å². The van der Waals surface area contributed by atoms with Crippen LogP contribution < -0.4 is 4.74 Å². The molecule has 0 atom stereocenters. The summed E-state index contributed by atoms with van der Waals surface area (Å²) in [6.45, 7) is 2.18. The third-order valence-electron chi connectivity index (χ3n) is 4.09. The molecule has 0 radical (unpaired) electrons. The van der Waals surface area contributed by atoms with Gasteiger partial charge in [-0.3, -0.25) is 4.55 Å². The summed E-state index contributed by atoms with van der Waals surface area (Å²) in [5.41, 5.74) is 0.603. The lowest BCUT2D eigenvalue weighted by molar-refractivity contribution is 0.475. The quantitative estimate of drug-likeness (QED) is 0.439. The van der Waals surface area contributed by atoms with E-state index >= 15 is 0 Å². The zero-order chi connectivity index (χ0) is 18.1. The van der Waals surface area contributed by atoms with E-state index in [0.29, 0.717) is 23.5 Å². The van der Waals surface area contributed by atoms with E-state index in [1.165, 1.54) is 25.3 Å². The van der Waals surface area contributed by atoms with Gasteiger partial charge in [0.25, 0.3) is 10.1 Å². The molecule has 0 fully saturated rings. The van der Waals surface area contributed by atoms with Crippen LogP contribution in [0.3, 0.4) is 0 Å². The van der Waals surface area contributed by atoms with Crippen molar-refractivity contribution in [1.82, 2.24) is 0 Å². The Morgan fingerprint density at radius 2 is 1.56 bits per heavy atom. The van der Waals surface area contributed by atoms with Crippen LogP contribution in [0.2, 0.25) is 0 Å². The van der Waals surface area contributed by atoms with E-state index in [2.05, 4.69) is 6.92 Å². The van der Waals surface area contributed by atoms with Crippen LogP contribution >= 0.6 is 0 Å². The van der Waals surface area contributed by atoms with Crippen LogP contribution in [-0.2, 0) is 16.5 Å². The molecule has 2 rings (SSSR count). The average molecular weight is 362 g/mol. The SMILES string of the molecule is CCCCCCCCc1cc(Oc2ccccc2)ccc1S(=O)(=O)O. The summed E-state index contributed by atoms with van der Waals surface area (Å²) in [6, 6.07) is 14.0. The van der Waals surface area contributed by atoms with Crippen molar-refractivity contribution < 1.29 is 17.7 Å². The molecule has 5 heteroatoms. The molecule has 0 amide bonds. The number of rotatable bonds is 10. The number of aryl methyl sites for hydroxylation is 1. The van der Waals surface area contributed by atoms with E-state index in [1.54, 1.807) is 12.1 Å². The molecule has 2 aromatic carbocycles. The standard InChI is InChI=1S/C20H26O4S/c1-2-3-4-5-6-8-11-17-16-19(14-15-20(17)25(21,22)23)24-18-12-9-7-10-13-18/h7,9-10,12-16H,2-6,8,11H2,1H3,(H,21,22,23). The molecule has 0 aromatic heterocycles. The summed E-state index contributed by atoms with van der Waals surface area (Å²) in [5, 5.41) is 0. The Balaban J connectivity index is 2.09. The molecule has 4 nitrogen and oxygen atoms in total. The fraction of sp³-hybridized carbons (Fsp3) is 0.400. The zero-order valence-corrected chi connectivity index (χ0v) is 15.5. The van der Waals surface area contributed by atoms with Gasteiger partial charge in [0.05, 0.1) is 4.90 Å². The maximum absolute atomic E-state index is 11.6. The van der Waals surface area contributed by atoms with Crippen LogP contribution in [0.5, 0.6) is 11.5 Å². The van der Waals surface area contributed by atoms with E-state index in [1.807, 2.05) is 30.3 Å². The molecular weight excluding hydrogens is 336 g/mol. The molecule has 136 valence electrons. The molecule has 0 unspecified atom stereocenters. The lowest BCUT2D eigenvalue weighted by Crippen LogP contribution is -2.04. The number of benzene rings is 2. The zero-order valence-electron chi connectivity index (χ0n) is 14.6. The fourth-order valence-corrected chi connectivity index (χ4v) is 3.52. The molecule has 1 N–H and O–H groups in total. The minimum atomic E-state index is -4.23. The number of para-hydroxylation sites is 1. The Bertz CT molecular complexity index is 755. The van der Waals surface area contributed by atoms with E-state index in [4.69, 9.17) is 4.74 Å². The molecule has 0 aliphatic rings. The molecule has 0 aliphatic heterocycles. The lowest BCUT2D eigenvalue weighted by Gasteiger charge is -2.11. The second-order valence-electron chi connectivity index (χ2n) is 6.18. The van der Waals surface area contributed by atoms with Crippen molar-refractivity contribution in [2.75, 3.05) is 0 Å². The Morgan fingerprint density at radius 3 is 2.24 bits per heavy atom. The first kappa shape index (κ1) is 19.5. The van der Waals surface area contributed by atoms with Crippen molar-refractivity contribution in [3.05, 3.63) is 54.1 Å². The van der Waals surface area contributed by atoms with Crippen molar-refractivity contribution in [2.24, 2.45) is 0 Å². The maximum Gasteiger partial charge on any atom is 0.294 e. The summed E-state index contributed by atoms with van der Waals surface area (Å²) in [7, 11) is -4.23. The van der Waals surface area contributed by atoms with Crippen LogP contribution in [0, 0.1) is 0 Å². The molecule has 25 heavy (non-hydrogen) atoms. The van der Waals surface area contributed by atoms with Crippen LogP contribution in [0.25, 0.3) is 0 Å². The number of hydrogen-bond acceptors (Lipinski definition) is 3. The second-order valence-corrected chi connectivity index (χ2v) is 7.57. The normalized spacial score (nSPS) is 11.4. The summed E-state index contributed by atoms with van der Waals surface area (Å²) < 4.78 is 38.4. The summed E-state index contributed by atoms with van der Waals surface area (Å²) in [6.07, 6.45) is 7.33. The van der Waals surface area contributed by atoms with E-state index in [-0.39, 0.29) is 4.90 Å². The van der Waals surface area contributed by atoms with Gasteiger partial charge in [-0.05, 0) is 48.7 Å². The Morgan fingerprint density at radius 1 is 0.880 bits per heavy atom. The predicted molar refractivity (Wildman–Crippen MR) is 99.9 cm³/mol. The highest BCUT2D eigenvalue weighted by molar-refractivity contribution is 7.85. The van der Waals surface area contributed by atoms with Gasteiger partial charge in [0.15, 0.2) is 0 Å². The number of ether oxygens (including phenoxy) is 1. The molecule has 0 saturated heterocycles. The molecule has 0 aliphatic carbocycles. The molecular formula is C20H26O4S. The lowest BCUT2D eigenvalue weighted by atomic mass is 10.0. The van der Waals surface area contributed by atoms with Gasteiger partial charge >= 0.3 is 0 Å². The average Bonchev–Trinajstić information content (AvgIpc) is 2.58. The van der Waals surface area contributed by atoms with Crippen molar-refractivity contribution in [2.45, 2.75) is 56.8 Å². The first-order valence-corrected chi connectivity index (χ1v) is 10.3. The fourth-order valence-electron chi connectivity index (χ4n) is 2.79. The highest BCUT2D eigenvalue weighted by Crippen LogP contribution is 2.27. The van der Waals surface area contributed by atoms with Crippen LogP contribution in [0.1, 0.15) is 51.0 Å². The van der Waals surface area contributed by atoms with E-state index in [9.17, 15) is 13.0 Å². The summed E-state index contributed by atoms with van der Waals surface area (Å²) in [4.78, 5) is -0.0264. The van der Waals surface area contributed by atoms with Gasteiger partial charge in [-0.2, -0.15) is 8.42 Å². The Hall–Kier alpha value is -1.85. The Labute approximate surface area is 150 Å². The van der Waals surface area contributed by atoms with Crippen molar-refractivity contribution >= 4 is 10.1 Å². The third-order valence-corrected chi connectivity index (χ3v) is 5.04. The van der Waals surface area contributed by atoms with Gasteiger partial charge in [-0.1, -0.05) is 57.2 Å². The van der Waals surface area contributed by atoms with Crippen LogP contribution in [0.4, 0.5) is 0 Å². The predicted octanol–water partition coefficient (Wildman–Crippen LogP) is 5.63. The molecule has 0 bridgehead atoms. The highest BCUT2D eigenvalue weighted by Gasteiger charge is 2.16. The van der Waals surface area contributed by atoms with E-state index in [0.717, 1.165) is 19.3 Å². The number of hydrogen-bond donors (Lipinski definition) is 1. The minimum Gasteiger partial charge on any atom is -0.457 e. The Kier molecular flexibility index (Phi) is 7.47. The van der Waals surface area contributed by atoms with E-state index < -0.39 is 10.1 Å². The molecule has 2 aromatic rings. The second kappa shape index (κ2) is 9.59. The largest absolute Gasteiger partial charge is 0.457 e. The highest BCUT2D eigenvalue weighted by atomic mass is 32.2. The smallest absolute Gasteiger partial charge is 0.294 e. The van der Waals surface area contributed by atoms with Crippen LogP contribution in [-0.4, -0.2) is 13.0 Å². The third kappa shape index (κ3) is 6.52. The molecule has 0 spiro atoms. The van der Waals surface area contributed by atoms with Crippen molar-refractivity contribution in [3.8, 4) is 11.5 Å². The van der Waals surface area contributed by atoms with Crippen molar-refractivity contribution in [1.29, 1.82) is 0 Å². The van der Waals surface area contributed by atoms with Gasteiger partial charge in [0.1, 0.15) is 11.5 Å². The summed E-state index contributed by atoms with van der Waals surface area (Å²) in [5.74, 6) is 1.26. The van der Waals surface area contributed by atoms with Crippen LogP contribution in [0.15, 0.2) is 53.4 Å². The van der Waals surface area contributed by atoms with Gasteiger partial charge < -0.3 is 4.74 Å². The number of unbranched alkanes of at least 4 members (excludes halogenated alkanes) is 5. The van der Waals surface area contributed by atoms with Gasteiger partial charge in [-0.25, -0.2) is 0 Å². The first-order valence-electron chi connectivity index (χ1n) is 8.84. The van der Waals surface area contributed by atoms with Crippen molar-refractivity contribution in [3.63, 3.8) is 0 Å². The molecule has 0 saturated carbocycles. The topological polar surface area (TPSA) is 63.6 Å². The first-order chi connectivity index (χ1) is 12.0. The van der Waals surface area contributed by atoms with Gasteiger partial charge in [0, 0.05) is 0 Å². The maximum atomic E-state index is 11.6. The monoisotopic (exact) mass is 362 g/mol. The van der Waals surface area contributed by atoms with Gasteiger partial charge in [0.2, 0.25) is 0 Å². The molecule has 0 heterocycles.